The lowest BCUT2D eigenvalue weighted by molar-refractivity contribution is -0.115. The molecule has 2 rings (SSSR count). The normalized spacial score (nSPS) is 16.0. The number of aryl methyl sites for hydroxylation is 1. The van der Waals surface area contributed by atoms with E-state index >= 15 is 0 Å². The van der Waals surface area contributed by atoms with E-state index in [9.17, 15) is 13.2 Å². The van der Waals surface area contributed by atoms with Gasteiger partial charge < -0.3 is 10.1 Å². The molecule has 0 atom stereocenters. The van der Waals surface area contributed by atoms with Crippen LogP contribution in [0, 0.1) is 6.92 Å². The smallest absolute Gasteiger partial charge is 0.225 e. The van der Waals surface area contributed by atoms with Crippen LogP contribution in [-0.2, 0) is 14.8 Å². The molecule has 1 N–H and O–H groups in total. The summed E-state index contributed by atoms with van der Waals surface area (Å²) in [6.45, 7) is 2.92. The van der Waals surface area contributed by atoms with Gasteiger partial charge in [-0.15, -0.1) is 0 Å². The maximum Gasteiger partial charge on any atom is 0.225 e. The molecule has 1 fully saturated rings. The molecular formula is C16H23ClN2O4S. The van der Waals surface area contributed by atoms with Gasteiger partial charge in [0.15, 0.2) is 0 Å². The summed E-state index contributed by atoms with van der Waals surface area (Å²) in [6.07, 6.45) is 2.73. The highest BCUT2D eigenvalue weighted by Crippen LogP contribution is 2.31. The monoisotopic (exact) mass is 374 g/mol. The molecule has 1 aromatic carbocycles. The zero-order chi connectivity index (χ0) is 17.7. The van der Waals surface area contributed by atoms with Gasteiger partial charge in [0.2, 0.25) is 15.9 Å². The van der Waals surface area contributed by atoms with Crippen LogP contribution < -0.4 is 10.1 Å². The minimum absolute atomic E-state index is 0.0936. The van der Waals surface area contributed by atoms with E-state index in [1.807, 2.05) is 6.92 Å². The van der Waals surface area contributed by atoms with Gasteiger partial charge in [-0.2, -0.15) is 0 Å². The number of piperidine rings is 1. The van der Waals surface area contributed by atoms with Gasteiger partial charge in [-0.05, 0) is 31.4 Å². The van der Waals surface area contributed by atoms with Crippen LogP contribution in [0.2, 0.25) is 5.02 Å². The number of carbonyl (C=O) groups excluding carboxylic acids is 1. The molecule has 8 heteroatoms. The average molecular weight is 375 g/mol. The average Bonchev–Trinajstić information content (AvgIpc) is 2.57. The van der Waals surface area contributed by atoms with Gasteiger partial charge in [0.25, 0.3) is 0 Å². The molecule has 0 saturated carbocycles. The predicted octanol–water partition coefficient (Wildman–Crippen LogP) is 2.80. The summed E-state index contributed by atoms with van der Waals surface area (Å²) in [5.41, 5.74) is 1.29. The number of nitrogens with zero attached hydrogens (tertiary/aromatic N) is 1. The standard InChI is InChI=1S/C16H23ClN2O4S/c1-12-10-14(15(23-2)11-13(12)17)18-16(20)6-9-24(21,22)19-7-4-3-5-8-19/h10-11H,3-9H2,1-2H3,(H,18,20). The molecule has 1 aromatic rings. The summed E-state index contributed by atoms with van der Waals surface area (Å²) in [4.78, 5) is 12.1. The minimum Gasteiger partial charge on any atom is -0.495 e. The van der Waals surface area contributed by atoms with E-state index in [0.717, 1.165) is 24.8 Å². The molecule has 134 valence electrons. The Morgan fingerprint density at radius 3 is 2.58 bits per heavy atom. The zero-order valence-corrected chi connectivity index (χ0v) is 15.5. The van der Waals surface area contributed by atoms with Crippen LogP contribution in [0.25, 0.3) is 0 Å². The largest absolute Gasteiger partial charge is 0.495 e. The van der Waals surface area contributed by atoms with Crippen molar-refractivity contribution in [1.29, 1.82) is 0 Å². The SMILES string of the molecule is COc1cc(Cl)c(C)cc1NC(=O)CCS(=O)(=O)N1CCCCC1. The number of hydrogen-bond acceptors (Lipinski definition) is 4. The first-order chi connectivity index (χ1) is 11.3. The van der Waals surface area contributed by atoms with Gasteiger partial charge in [0.1, 0.15) is 5.75 Å². The lowest BCUT2D eigenvalue weighted by Gasteiger charge is -2.25. The fourth-order valence-electron chi connectivity index (χ4n) is 2.64. The second-order valence-electron chi connectivity index (χ2n) is 5.88. The van der Waals surface area contributed by atoms with Crippen LogP contribution in [0.15, 0.2) is 12.1 Å². The molecule has 1 saturated heterocycles. The van der Waals surface area contributed by atoms with Gasteiger partial charge in [-0.25, -0.2) is 12.7 Å². The Bertz CT molecular complexity index is 700. The number of ether oxygens (including phenoxy) is 1. The Balaban J connectivity index is 1.97. The lowest BCUT2D eigenvalue weighted by Crippen LogP contribution is -2.37. The molecule has 0 unspecified atom stereocenters. The zero-order valence-electron chi connectivity index (χ0n) is 14.0. The number of carbonyl (C=O) groups is 1. The minimum atomic E-state index is -3.38. The molecule has 1 aliphatic heterocycles. The molecule has 1 amide bonds. The number of sulfonamides is 1. The molecule has 0 spiro atoms. The van der Waals surface area contributed by atoms with Gasteiger partial charge in [0, 0.05) is 30.6 Å². The number of anilines is 1. The highest BCUT2D eigenvalue weighted by Gasteiger charge is 2.24. The summed E-state index contributed by atoms with van der Waals surface area (Å²) < 4.78 is 31.2. The molecule has 0 aromatic heterocycles. The maximum atomic E-state index is 12.3. The van der Waals surface area contributed by atoms with Gasteiger partial charge in [-0.3, -0.25) is 4.79 Å². The van der Waals surface area contributed by atoms with E-state index in [4.69, 9.17) is 16.3 Å². The molecule has 1 heterocycles. The third kappa shape index (κ3) is 4.84. The van der Waals surface area contributed by atoms with E-state index in [1.165, 1.54) is 11.4 Å². The summed E-state index contributed by atoms with van der Waals surface area (Å²) in [6, 6.07) is 3.33. The summed E-state index contributed by atoms with van der Waals surface area (Å²) in [5, 5.41) is 3.24. The first-order valence-corrected chi connectivity index (χ1v) is 9.94. The van der Waals surface area contributed by atoms with Crippen molar-refractivity contribution in [2.75, 3.05) is 31.3 Å². The Hall–Kier alpha value is -1.31. The lowest BCUT2D eigenvalue weighted by atomic mass is 10.2. The van der Waals surface area contributed by atoms with Crippen LogP contribution in [0.3, 0.4) is 0 Å². The molecule has 1 aliphatic rings. The van der Waals surface area contributed by atoms with Gasteiger partial charge >= 0.3 is 0 Å². The number of benzene rings is 1. The van der Waals surface area contributed by atoms with Crippen molar-refractivity contribution in [3.05, 3.63) is 22.7 Å². The predicted molar refractivity (Wildman–Crippen MR) is 95.2 cm³/mol. The van der Waals surface area contributed by atoms with Gasteiger partial charge in [-0.1, -0.05) is 18.0 Å². The van der Waals surface area contributed by atoms with Crippen molar-refractivity contribution in [2.24, 2.45) is 0 Å². The van der Waals surface area contributed by atoms with E-state index in [0.29, 0.717) is 29.5 Å². The third-order valence-corrected chi connectivity index (χ3v) is 6.33. The topological polar surface area (TPSA) is 75.7 Å². The van der Waals surface area contributed by atoms with Crippen LogP contribution >= 0.6 is 11.6 Å². The highest BCUT2D eigenvalue weighted by molar-refractivity contribution is 7.89. The Labute approximate surface area is 148 Å². The summed E-state index contributed by atoms with van der Waals surface area (Å²) in [5.74, 6) is -0.110. The summed E-state index contributed by atoms with van der Waals surface area (Å²) >= 11 is 6.03. The van der Waals surface area contributed by atoms with Crippen LogP contribution in [0.5, 0.6) is 5.75 Å². The van der Waals surface area contributed by atoms with Crippen molar-refractivity contribution >= 4 is 33.2 Å². The van der Waals surface area contributed by atoms with E-state index in [1.54, 1.807) is 12.1 Å². The van der Waals surface area contributed by atoms with Crippen molar-refractivity contribution < 1.29 is 17.9 Å². The second-order valence-corrected chi connectivity index (χ2v) is 8.37. The van der Waals surface area contributed by atoms with Crippen molar-refractivity contribution in [2.45, 2.75) is 32.6 Å². The number of methoxy groups -OCH3 is 1. The van der Waals surface area contributed by atoms with E-state index in [2.05, 4.69) is 5.32 Å². The van der Waals surface area contributed by atoms with Crippen molar-refractivity contribution in [3.8, 4) is 5.75 Å². The quantitative estimate of drug-likeness (QED) is 0.830. The summed E-state index contributed by atoms with van der Waals surface area (Å²) in [7, 11) is -1.90. The molecule has 24 heavy (non-hydrogen) atoms. The Kier molecular flexibility index (Phi) is 6.48. The van der Waals surface area contributed by atoms with E-state index < -0.39 is 10.0 Å². The first-order valence-electron chi connectivity index (χ1n) is 7.95. The van der Waals surface area contributed by atoms with Crippen molar-refractivity contribution in [1.82, 2.24) is 4.31 Å². The molecule has 0 bridgehead atoms. The van der Waals surface area contributed by atoms with E-state index in [-0.39, 0.29) is 18.1 Å². The number of rotatable bonds is 6. The van der Waals surface area contributed by atoms with Crippen molar-refractivity contribution in [3.63, 3.8) is 0 Å². The second kappa shape index (κ2) is 8.18. The number of hydrogen-bond donors (Lipinski definition) is 1. The third-order valence-electron chi connectivity index (χ3n) is 4.05. The van der Waals surface area contributed by atoms with Gasteiger partial charge in [0.05, 0.1) is 18.6 Å². The maximum absolute atomic E-state index is 12.3. The van der Waals surface area contributed by atoms with Crippen LogP contribution in [0.1, 0.15) is 31.2 Å². The molecule has 6 nitrogen and oxygen atoms in total. The number of halogens is 1. The number of amides is 1. The fraction of sp³-hybridized carbons (Fsp3) is 0.562. The number of nitrogens with one attached hydrogen (secondary N) is 1. The molecule has 0 aliphatic carbocycles. The van der Waals surface area contributed by atoms with Crippen LogP contribution in [0.4, 0.5) is 5.69 Å². The fourth-order valence-corrected chi connectivity index (χ4v) is 4.31. The van der Waals surface area contributed by atoms with Crippen LogP contribution in [-0.4, -0.2) is 44.6 Å². The molecular weight excluding hydrogens is 352 g/mol. The Morgan fingerprint density at radius 2 is 1.96 bits per heavy atom. The molecule has 0 radical (unpaired) electrons. The first kappa shape index (κ1) is 19.0. The highest BCUT2D eigenvalue weighted by atomic mass is 35.5. The Morgan fingerprint density at radius 1 is 1.29 bits per heavy atom.